The molecule has 0 aliphatic heterocycles. The fourth-order valence-electron chi connectivity index (χ4n) is 3.43. The minimum absolute atomic E-state index is 0.276. The molecule has 0 aromatic heterocycles. The van der Waals surface area contributed by atoms with Gasteiger partial charge in [0.05, 0.1) is 18.1 Å². The third kappa shape index (κ3) is 11.0. The number of aromatic hydroxyl groups is 1. The second-order valence-electron chi connectivity index (χ2n) is 8.49. The first-order valence-corrected chi connectivity index (χ1v) is 12.8. The van der Waals surface area contributed by atoms with Gasteiger partial charge in [-0.25, -0.2) is 4.79 Å². The number of rotatable bonds is 12. The van der Waals surface area contributed by atoms with Crippen molar-refractivity contribution in [1.29, 1.82) is 0 Å². The van der Waals surface area contributed by atoms with E-state index in [1.54, 1.807) is 36.4 Å². The van der Waals surface area contributed by atoms with Gasteiger partial charge in [0.1, 0.15) is 30.5 Å². The number of aromatic carboxylic acids is 1. The molecule has 0 saturated heterocycles. The molecule has 4 rings (SSSR count). The Hall–Kier alpha value is -5.49. The van der Waals surface area contributed by atoms with Crippen molar-refractivity contribution in [3.8, 4) is 17.2 Å². The number of hydrogen-bond donors (Lipinski definition) is 2. The fraction of sp³-hybridized carbons (Fsp3) is 0.0571. The van der Waals surface area contributed by atoms with Crippen LogP contribution in [0.4, 0.5) is 0 Å². The van der Waals surface area contributed by atoms with Gasteiger partial charge >= 0.3 is 5.97 Å². The minimum Gasteiger partial charge on any atom is -0.508 e. The summed E-state index contributed by atoms with van der Waals surface area (Å²) in [5.74, 6) is 0.903. The molecule has 0 unspecified atom stereocenters. The lowest BCUT2D eigenvalue weighted by Crippen LogP contribution is -2.03. The highest BCUT2D eigenvalue weighted by Gasteiger charge is 2.00. The Morgan fingerprint density at radius 3 is 1.49 bits per heavy atom. The molecule has 0 spiro atoms. The maximum Gasteiger partial charge on any atom is 0.335 e. The van der Waals surface area contributed by atoms with E-state index in [0.717, 1.165) is 33.8 Å². The van der Waals surface area contributed by atoms with E-state index < -0.39 is 5.97 Å². The molecule has 0 bridgehead atoms. The molecule has 0 fully saturated rings. The average molecular weight is 549 g/mol. The monoisotopic (exact) mass is 548 g/mol. The number of hydrogen-bond acceptors (Lipinski definition) is 5. The maximum atomic E-state index is 10.8. The van der Waals surface area contributed by atoms with Crippen molar-refractivity contribution < 1.29 is 29.2 Å². The lowest BCUT2D eigenvalue weighted by Gasteiger charge is -2.05. The van der Waals surface area contributed by atoms with Crippen LogP contribution in [0.25, 0.3) is 24.3 Å². The molecular weight excluding hydrogens is 516 g/mol. The van der Waals surface area contributed by atoms with Crippen LogP contribution < -0.4 is 9.47 Å². The first kappa shape index (κ1) is 30.1. The summed E-state index contributed by atoms with van der Waals surface area (Å²) in [4.78, 5) is 10.8. The van der Waals surface area contributed by atoms with Crippen LogP contribution in [0.2, 0.25) is 0 Å². The van der Waals surface area contributed by atoms with E-state index in [2.05, 4.69) is 13.2 Å². The summed E-state index contributed by atoms with van der Waals surface area (Å²) in [6.45, 7) is 7.91. The molecule has 208 valence electrons. The molecule has 0 aliphatic carbocycles. The first-order chi connectivity index (χ1) is 20.0. The number of ether oxygens (including phenoxy) is 3. The Bertz CT molecular complexity index is 1430. The van der Waals surface area contributed by atoms with Gasteiger partial charge in [-0.05, 0) is 70.8 Å². The van der Waals surface area contributed by atoms with Crippen LogP contribution in [0.3, 0.4) is 0 Å². The van der Waals surface area contributed by atoms with Crippen molar-refractivity contribution in [3.63, 3.8) is 0 Å². The lowest BCUT2D eigenvalue weighted by molar-refractivity contribution is 0.0697. The third-order valence-corrected chi connectivity index (χ3v) is 5.55. The van der Waals surface area contributed by atoms with Gasteiger partial charge in [-0.1, -0.05) is 86.0 Å². The van der Waals surface area contributed by atoms with Crippen LogP contribution in [0.1, 0.15) is 32.6 Å². The zero-order valence-corrected chi connectivity index (χ0v) is 22.6. The molecule has 4 aromatic rings. The average Bonchev–Trinajstić information content (AvgIpc) is 3.00. The van der Waals surface area contributed by atoms with E-state index in [1.165, 1.54) is 12.5 Å². The SMILES string of the molecule is C=COCCOc1ccc(C=Cc2ccc(C(=O)O)cc2)cc1.C=COc1ccc(C=Cc2ccc(O)cc2)cc1. The van der Waals surface area contributed by atoms with Gasteiger partial charge in [-0.15, -0.1) is 0 Å². The predicted octanol–water partition coefficient (Wildman–Crippen LogP) is 8.18. The minimum atomic E-state index is -0.922. The quantitative estimate of drug-likeness (QED) is 0.105. The zero-order chi connectivity index (χ0) is 29.3. The van der Waals surface area contributed by atoms with E-state index in [-0.39, 0.29) is 11.3 Å². The first-order valence-electron chi connectivity index (χ1n) is 12.8. The Morgan fingerprint density at radius 2 is 1.05 bits per heavy atom. The van der Waals surface area contributed by atoms with Gasteiger partial charge in [-0.3, -0.25) is 0 Å². The number of carboxylic acid groups (broad SMARTS) is 1. The molecule has 6 heteroatoms. The summed E-state index contributed by atoms with van der Waals surface area (Å²) in [5, 5.41) is 18.0. The van der Waals surface area contributed by atoms with Gasteiger partial charge in [0.2, 0.25) is 0 Å². The fourth-order valence-corrected chi connectivity index (χ4v) is 3.43. The van der Waals surface area contributed by atoms with Crippen LogP contribution >= 0.6 is 0 Å². The molecule has 6 nitrogen and oxygen atoms in total. The molecule has 0 atom stereocenters. The third-order valence-electron chi connectivity index (χ3n) is 5.55. The Labute approximate surface area is 240 Å². The summed E-state index contributed by atoms with van der Waals surface area (Å²) in [7, 11) is 0. The largest absolute Gasteiger partial charge is 0.508 e. The summed E-state index contributed by atoms with van der Waals surface area (Å²) >= 11 is 0. The number of phenolic OH excluding ortho intramolecular Hbond substituents is 1. The van der Waals surface area contributed by atoms with Crippen molar-refractivity contribution >= 4 is 30.3 Å². The predicted molar refractivity (Wildman–Crippen MR) is 165 cm³/mol. The van der Waals surface area contributed by atoms with Gasteiger partial charge in [0.15, 0.2) is 0 Å². The van der Waals surface area contributed by atoms with Crippen molar-refractivity contribution in [2.45, 2.75) is 0 Å². The Kier molecular flexibility index (Phi) is 12.1. The maximum absolute atomic E-state index is 10.8. The van der Waals surface area contributed by atoms with Crippen LogP contribution in [0, 0.1) is 0 Å². The van der Waals surface area contributed by atoms with Crippen molar-refractivity contribution in [2.24, 2.45) is 0 Å². The molecule has 41 heavy (non-hydrogen) atoms. The second kappa shape index (κ2) is 16.5. The Morgan fingerprint density at radius 1 is 0.610 bits per heavy atom. The van der Waals surface area contributed by atoms with Gasteiger partial charge in [0, 0.05) is 0 Å². The normalized spacial score (nSPS) is 10.4. The standard InChI is InChI=1S/C19H18O4.C16H14O2/c1-2-22-13-14-23-18-11-7-16(8-12-18)4-3-15-5-9-17(10-6-15)19(20)21;1-2-18-16-11-7-14(8-12-16)4-3-13-5-9-15(17)10-6-13/h2-12H,1,13-14H2,(H,20,21);2-12,17H,1H2. The van der Waals surface area contributed by atoms with Gasteiger partial charge in [-0.2, -0.15) is 0 Å². The zero-order valence-electron chi connectivity index (χ0n) is 22.6. The molecule has 0 saturated carbocycles. The summed E-state index contributed by atoms with van der Waals surface area (Å²) in [6, 6.07) is 29.2. The van der Waals surface area contributed by atoms with E-state index in [1.807, 2.05) is 85.0 Å². The summed E-state index contributed by atoms with van der Waals surface area (Å²) < 4.78 is 15.6. The topological polar surface area (TPSA) is 85.2 Å². The molecule has 0 radical (unpaired) electrons. The second-order valence-corrected chi connectivity index (χ2v) is 8.49. The smallest absolute Gasteiger partial charge is 0.335 e. The molecule has 0 aliphatic rings. The number of carboxylic acids is 1. The van der Waals surface area contributed by atoms with Crippen LogP contribution in [-0.2, 0) is 4.74 Å². The van der Waals surface area contributed by atoms with Crippen LogP contribution in [0.15, 0.2) is 123 Å². The molecule has 4 aromatic carbocycles. The van der Waals surface area contributed by atoms with Crippen molar-refractivity contribution in [3.05, 3.63) is 151 Å². The van der Waals surface area contributed by atoms with Gasteiger partial charge in [0.25, 0.3) is 0 Å². The molecular formula is C35H32O6. The highest BCUT2D eigenvalue weighted by molar-refractivity contribution is 5.88. The Balaban J connectivity index is 0.000000232. The molecule has 2 N–H and O–H groups in total. The number of benzene rings is 4. The van der Waals surface area contributed by atoms with E-state index in [4.69, 9.17) is 19.3 Å². The van der Waals surface area contributed by atoms with E-state index >= 15 is 0 Å². The van der Waals surface area contributed by atoms with Crippen molar-refractivity contribution in [2.75, 3.05) is 13.2 Å². The van der Waals surface area contributed by atoms with E-state index in [0.29, 0.717) is 13.2 Å². The molecule has 0 heterocycles. The number of carbonyl (C=O) groups is 1. The number of phenols is 1. The van der Waals surface area contributed by atoms with Crippen LogP contribution in [0.5, 0.6) is 17.2 Å². The van der Waals surface area contributed by atoms with Gasteiger partial charge < -0.3 is 24.4 Å². The summed E-state index contributed by atoms with van der Waals surface area (Å²) in [6.07, 6.45) is 10.7. The van der Waals surface area contributed by atoms with Crippen LogP contribution in [-0.4, -0.2) is 29.4 Å². The van der Waals surface area contributed by atoms with Crippen molar-refractivity contribution in [1.82, 2.24) is 0 Å². The lowest BCUT2D eigenvalue weighted by atomic mass is 10.1. The highest BCUT2D eigenvalue weighted by Crippen LogP contribution is 2.17. The van der Waals surface area contributed by atoms with E-state index in [9.17, 15) is 9.90 Å². The molecule has 0 amide bonds. The highest BCUT2D eigenvalue weighted by atomic mass is 16.5. The summed E-state index contributed by atoms with van der Waals surface area (Å²) in [5.41, 5.74) is 4.38.